The van der Waals surface area contributed by atoms with Gasteiger partial charge in [0, 0.05) is 12.8 Å². The summed E-state index contributed by atoms with van der Waals surface area (Å²) in [6.45, 7) is 0.0661. The molecular formula is C24H32N2O5. The van der Waals surface area contributed by atoms with E-state index in [1.54, 1.807) is 0 Å². The molecule has 2 amide bonds. The van der Waals surface area contributed by atoms with Gasteiger partial charge in [-0.15, -0.1) is 0 Å². The molecule has 1 saturated carbocycles. The fourth-order valence-electron chi connectivity index (χ4n) is 4.26. The molecular weight excluding hydrogens is 396 g/mol. The predicted octanol–water partition coefficient (Wildman–Crippen LogP) is 2.55. The summed E-state index contributed by atoms with van der Waals surface area (Å²) in [6.07, 6.45) is 7.85. The van der Waals surface area contributed by atoms with E-state index in [1.165, 1.54) is 0 Å². The van der Waals surface area contributed by atoms with Gasteiger partial charge in [0.1, 0.15) is 6.10 Å². The van der Waals surface area contributed by atoms with Crippen molar-refractivity contribution in [2.75, 3.05) is 13.2 Å². The number of ether oxygens (including phenoxy) is 1. The minimum absolute atomic E-state index is 0.0493. The Bertz CT molecular complexity index is 786. The van der Waals surface area contributed by atoms with E-state index in [-0.39, 0.29) is 43.8 Å². The Morgan fingerprint density at radius 2 is 1.90 bits per heavy atom. The summed E-state index contributed by atoms with van der Waals surface area (Å²) < 4.78 is 5.60. The molecule has 1 fully saturated rings. The van der Waals surface area contributed by atoms with Crippen LogP contribution < -0.4 is 10.6 Å². The zero-order valence-electron chi connectivity index (χ0n) is 17.8. The lowest BCUT2D eigenvalue weighted by Gasteiger charge is -2.29. The number of nitrogens with one attached hydrogen (secondary N) is 2. The van der Waals surface area contributed by atoms with Gasteiger partial charge in [0.2, 0.25) is 11.8 Å². The number of benzene rings is 1. The Morgan fingerprint density at radius 1 is 1.16 bits per heavy atom. The fourth-order valence-corrected chi connectivity index (χ4v) is 4.26. The van der Waals surface area contributed by atoms with Crippen LogP contribution in [0.1, 0.15) is 63.0 Å². The first-order valence-corrected chi connectivity index (χ1v) is 11.1. The van der Waals surface area contributed by atoms with Crippen molar-refractivity contribution in [1.82, 2.24) is 10.6 Å². The summed E-state index contributed by atoms with van der Waals surface area (Å²) in [6, 6.07) is 9.31. The normalized spacial score (nSPS) is 24.4. The molecule has 0 saturated heterocycles. The van der Waals surface area contributed by atoms with Crippen LogP contribution >= 0.6 is 0 Å². The Hall–Kier alpha value is -2.67. The topological polar surface area (TPSA) is 105 Å². The number of esters is 1. The van der Waals surface area contributed by atoms with Crippen LogP contribution in [0.3, 0.4) is 0 Å². The first kappa shape index (κ1) is 23.0. The van der Waals surface area contributed by atoms with Gasteiger partial charge in [0.25, 0.3) is 0 Å². The monoisotopic (exact) mass is 428 g/mol. The van der Waals surface area contributed by atoms with Crippen LogP contribution in [0.15, 0.2) is 42.5 Å². The lowest BCUT2D eigenvalue weighted by molar-refractivity contribution is -0.150. The molecule has 168 valence electrons. The summed E-state index contributed by atoms with van der Waals surface area (Å²) in [5, 5.41) is 15.6. The molecule has 0 radical (unpaired) electrons. The van der Waals surface area contributed by atoms with Gasteiger partial charge in [-0.05, 0) is 31.2 Å². The molecule has 0 bridgehead atoms. The molecule has 2 aliphatic rings. The van der Waals surface area contributed by atoms with Gasteiger partial charge in [-0.25, -0.2) is 0 Å². The van der Waals surface area contributed by atoms with Gasteiger partial charge >= 0.3 is 5.97 Å². The number of carbonyl (C=O) groups excluding carboxylic acids is 3. The van der Waals surface area contributed by atoms with E-state index >= 15 is 0 Å². The highest BCUT2D eigenvalue weighted by Gasteiger charge is 2.35. The molecule has 1 heterocycles. The molecule has 2 atom stereocenters. The van der Waals surface area contributed by atoms with Crippen molar-refractivity contribution in [2.45, 2.75) is 63.0 Å². The van der Waals surface area contributed by atoms with Gasteiger partial charge in [-0.1, -0.05) is 55.3 Å². The molecule has 1 aromatic rings. The maximum atomic E-state index is 12.9. The number of allylic oxidation sites excluding steroid dienone is 2. The molecule has 0 aromatic heterocycles. The van der Waals surface area contributed by atoms with Gasteiger partial charge in [-0.2, -0.15) is 0 Å². The third kappa shape index (κ3) is 6.66. The van der Waals surface area contributed by atoms with E-state index < -0.39 is 17.6 Å². The van der Waals surface area contributed by atoms with Crippen molar-refractivity contribution in [1.29, 1.82) is 0 Å². The average molecular weight is 429 g/mol. The van der Waals surface area contributed by atoms with Crippen molar-refractivity contribution in [3.05, 3.63) is 48.0 Å². The number of hydrogen-bond donors (Lipinski definition) is 3. The van der Waals surface area contributed by atoms with Crippen molar-refractivity contribution in [2.24, 2.45) is 5.92 Å². The Labute approximate surface area is 183 Å². The second kappa shape index (κ2) is 11.1. The van der Waals surface area contributed by atoms with Crippen LogP contribution in [0, 0.1) is 5.92 Å². The maximum Gasteiger partial charge on any atom is 0.306 e. The van der Waals surface area contributed by atoms with E-state index in [1.807, 2.05) is 42.5 Å². The predicted molar refractivity (Wildman–Crippen MR) is 116 cm³/mol. The number of hydrogen-bond acceptors (Lipinski definition) is 5. The van der Waals surface area contributed by atoms with Crippen LogP contribution in [0.25, 0.3) is 0 Å². The van der Waals surface area contributed by atoms with Crippen LogP contribution in [0.5, 0.6) is 0 Å². The average Bonchev–Trinajstić information content (AvgIpc) is 3.24. The fraction of sp³-hybridized carbons (Fsp3) is 0.542. The van der Waals surface area contributed by atoms with E-state index in [0.29, 0.717) is 12.8 Å². The number of aliphatic hydroxyl groups excluding tert-OH is 1. The number of aliphatic hydroxyl groups is 1. The van der Waals surface area contributed by atoms with Crippen LogP contribution in [0.2, 0.25) is 0 Å². The number of amides is 2. The highest BCUT2D eigenvalue weighted by molar-refractivity contribution is 5.86. The maximum absolute atomic E-state index is 12.9. The largest absolute Gasteiger partial charge is 0.456 e. The summed E-state index contributed by atoms with van der Waals surface area (Å²) in [5.74, 6) is -1.31. The summed E-state index contributed by atoms with van der Waals surface area (Å²) in [7, 11) is 0. The minimum Gasteiger partial charge on any atom is -0.456 e. The molecule has 1 aliphatic heterocycles. The van der Waals surface area contributed by atoms with Crippen LogP contribution in [-0.2, 0) is 19.1 Å². The van der Waals surface area contributed by atoms with Crippen LogP contribution in [-0.4, -0.2) is 41.6 Å². The smallest absolute Gasteiger partial charge is 0.306 e. The van der Waals surface area contributed by atoms with E-state index in [4.69, 9.17) is 4.74 Å². The van der Waals surface area contributed by atoms with E-state index in [0.717, 1.165) is 31.2 Å². The van der Waals surface area contributed by atoms with Crippen molar-refractivity contribution in [3.8, 4) is 0 Å². The van der Waals surface area contributed by atoms with E-state index in [9.17, 15) is 19.5 Å². The molecule has 7 heteroatoms. The standard InChI is InChI=1S/C24H32N2O5/c27-17-24(13-7-8-14-24)26-21(28)15-19-11-5-2-6-12-22(29)31-20(16-25-23(19)30)18-9-3-1-4-10-18/h1-5,9-10,19-20,27H,6-8,11-17H2,(H,25,30)(H,26,28). The third-order valence-corrected chi connectivity index (χ3v) is 6.08. The molecule has 7 nitrogen and oxygen atoms in total. The Kier molecular flexibility index (Phi) is 8.23. The highest BCUT2D eigenvalue weighted by Crippen LogP contribution is 2.29. The minimum atomic E-state index is -0.577. The van der Waals surface area contributed by atoms with Gasteiger partial charge in [0.15, 0.2) is 0 Å². The molecule has 3 rings (SSSR count). The lowest BCUT2D eigenvalue weighted by atomic mass is 9.95. The second-order valence-corrected chi connectivity index (χ2v) is 8.47. The molecule has 31 heavy (non-hydrogen) atoms. The third-order valence-electron chi connectivity index (χ3n) is 6.08. The zero-order valence-corrected chi connectivity index (χ0v) is 17.8. The lowest BCUT2D eigenvalue weighted by Crippen LogP contribution is -2.50. The number of carbonyl (C=O) groups is 3. The molecule has 1 aromatic carbocycles. The van der Waals surface area contributed by atoms with E-state index in [2.05, 4.69) is 10.6 Å². The Morgan fingerprint density at radius 3 is 2.61 bits per heavy atom. The SMILES string of the molecule is O=C(CC1CC=CCCC(=O)OC(c2ccccc2)CNC1=O)NC1(CO)CCCC1. The second-order valence-electron chi connectivity index (χ2n) is 8.47. The number of cyclic esters (lactones) is 1. The van der Waals surface area contributed by atoms with Crippen molar-refractivity contribution < 1.29 is 24.2 Å². The highest BCUT2D eigenvalue weighted by atomic mass is 16.5. The Balaban J connectivity index is 1.67. The van der Waals surface area contributed by atoms with Gasteiger partial charge < -0.3 is 20.5 Å². The molecule has 2 unspecified atom stereocenters. The number of rotatable bonds is 5. The summed E-state index contributed by atoms with van der Waals surface area (Å²) in [5.41, 5.74) is 0.255. The first-order chi connectivity index (χ1) is 15.0. The zero-order chi connectivity index (χ0) is 22.1. The quantitative estimate of drug-likeness (QED) is 0.494. The molecule has 3 N–H and O–H groups in total. The van der Waals surface area contributed by atoms with Gasteiger partial charge in [0.05, 0.1) is 24.6 Å². The van der Waals surface area contributed by atoms with Crippen molar-refractivity contribution in [3.63, 3.8) is 0 Å². The molecule has 1 aliphatic carbocycles. The van der Waals surface area contributed by atoms with Gasteiger partial charge in [-0.3, -0.25) is 14.4 Å². The van der Waals surface area contributed by atoms with Crippen molar-refractivity contribution >= 4 is 17.8 Å². The summed E-state index contributed by atoms with van der Waals surface area (Å²) >= 11 is 0. The van der Waals surface area contributed by atoms with Crippen LogP contribution in [0.4, 0.5) is 0 Å². The first-order valence-electron chi connectivity index (χ1n) is 11.1. The summed E-state index contributed by atoms with van der Waals surface area (Å²) in [4.78, 5) is 37.7. The molecule has 0 spiro atoms.